The molecule has 4 bridgehead atoms. The number of fused-ring (bicyclic) bond motifs is 5. The number of carbonyl (C=O) groups is 6. The third-order valence-corrected chi connectivity index (χ3v) is 12.4. The summed E-state index contributed by atoms with van der Waals surface area (Å²) in [7, 11) is 1.46. The van der Waals surface area contributed by atoms with Crippen LogP contribution in [0.4, 0.5) is 4.79 Å². The number of amides is 4. The molecular formula is C53H67N9O8. The molecule has 8 N–H and O–H groups in total. The van der Waals surface area contributed by atoms with E-state index in [1.165, 1.54) is 17.5 Å². The Morgan fingerprint density at radius 2 is 1.56 bits per heavy atom. The molecule has 4 amide bonds. The molecule has 1 aliphatic rings. The highest BCUT2D eigenvalue weighted by Gasteiger charge is 2.37. The van der Waals surface area contributed by atoms with E-state index in [0.29, 0.717) is 51.0 Å². The standard InChI is InChI=1S/C53H67N9O8/c1-6-7-8-10-35-12-15-37(16-13-35)50-59-33(3)48(34(4)60-50)44(64)31-39(20-24-58-53(57)68)52(67)62(5)49-38-17-19-47(70-26-23-56)41(30-38)40-28-36(14-18-46(40)69-25-22-55)29-42(43(63)11-9-21-54)61-51(66)32(2)27-45(49)65/h12-19,28,30,32,39,42,49H,6-11,20,22-27,29,31,55-56H2,1-5H3,(H,61,66)(H3,57,58,68)/t32-,39-,42+,49+/m1/s1. The number of aromatic nitrogens is 2. The number of hydrogen-bond acceptors (Lipinski definition) is 13. The van der Waals surface area contributed by atoms with Crippen molar-refractivity contribution in [1.29, 1.82) is 5.26 Å². The first-order chi connectivity index (χ1) is 33.6. The fourth-order valence-electron chi connectivity index (χ4n) is 8.78. The molecule has 0 aliphatic carbocycles. The maximum atomic E-state index is 15.0. The largest absolute Gasteiger partial charge is 0.492 e. The summed E-state index contributed by atoms with van der Waals surface area (Å²) in [6.07, 6.45) is 3.60. The quantitative estimate of drug-likeness (QED) is 0.0461. The second-order valence-corrected chi connectivity index (χ2v) is 17.8. The van der Waals surface area contributed by atoms with Gasteiger partial charge in [0.2, 0.25) is 11.8 Å². The summed E-state index contributed by atoms with van der Waals surface area (Å²) in [4.78, 5) is 94.3. The van der Waals surface area contributed by atoms with Crippen LogP contribution in [0, 0.1) is 37.0 Å². The van der Waals surface area contributed by atoms with Crippen molar-refractivity contribution in [3.05, 3.63) is 94.3 Å². The van der Waals surface area contributed by atoms with Crippen LogP contribution in [0.5, 0.6) is 11.5 Å². The molecule has 70 heavy (non-hydrogen) atoms. The minimum Gasteiger partial charge on any atom is -0.492 e. The predicted molar refractivity (Wildman–Crippen MR) is 266 cm³/mol. The lowest BCUT2D eigenvalue weighted by molar-refractivity contribution is -0.142. The molecule has 0 saturated heterocycles. The Balaban J connectivity index is 1.58. The molecule has 0 fully saturated rings. The number of urea groups is 1. The number of ketones is 3. The molecule has 17 heteroatoms. The number of primary amides is 1. The first-order valence-corrected chi connectivity index (χ1v) is 24.0. The van der Waals surface area contributed by atoms with Crippen LogP contribution in [-0.2, 0) is 32.0 Å². The summed E-state index contributed by atoms with van der Waals surface area (Å²) in [6.45, 7) is 7.79. The van der Waals surface area contributed by atoms with E-state index >= 15 is 4.79 Å². The first-order valence-electron chi connectivity index (χ1n) is 24.0. The van der Waals surface area contributed by atoms with Gasteiger partial charge in [0.1, 0.15) is 30.8 Å². The van der Waals surface area contributed by atoms with E-state index in [2.05, 4.69) is 29.7 Å². The number of nitrogens with two attached hydrogens (primary N) is 3. The number of Topliss-reactive ketones (excluding diaryl/α,β-unsaturated/α-hetero) is 3. The maximum Gasteiger partial charge on any atom is 0.312 e. The van der Waals surface area contributed by atoms with E-state index in [-0.39, 0.29) is 82.7 Å². The molecule has 3 aromatic carbocycles. The summed E-state index contributed by atoms with van der Waals surface area (Å²) in [5, 5.41) is 14.6. The number of hydrogen-bond donors (Lipinski definition) is 5. The fourth-order valence-corrected chi connectivity index (χ4v) is 8.78. The van der Waals surface area contributed by atoms with E-state index in [0.717, 1.165) is 31.2 Å². The van der Waals surface area contributed by atoms with Gasteiger partial charge in [-0.2, -0.15) is 5.26 Å². The van der Waals surface area contributed by atoms with E-state index in [1.807, 2.05) is 18.2 Å². The SMILES string of the molecule is CCCCCc1ccc(-c2nc(C)c(C(=O)C[C@@H](CCNC(N)=O)C(=O)N(C)[C@@H]3C(=O)C[C@@H](C)C(=O)N[C@H](C(=O)CCC#N)Cc4ccc(OCCN)c(c4)-c4cc3ccc4OCCN)c(C)n2)cc1. The molecular weight excluding hydrogens is 891 g/mol. The van der Waals surface area contributed by atoms with Crippen LogP contribution in [0.1, 0.15) is 110 Å². The lowest BCUT2D eigenvalue weighted by atomic mass is 9.88. The number of nitrogens with one attached hydrogen (secondary N) is 2. The number of carbonyl (C=O) groups excluding carboxylic acids is 6. The average molecular weight is 958 g/mol. The zero-order valence-electron chi connectivity index (χ0n) is 41.0. The zero-order chi connectivity index (χ0) is 50.9. The highest BCUT2D eigenvalue weighted by atomic mass is 16.5. The Morgan fingerprint density at radius 1 is 0.914 bits per heavy atom. The van der Waals surface area contributed by atoms with Gasteiger partial charge in [-0.15, -0.1) is 0 Å². The normalized spacial score (nSPS) is 16.2. The van der Waals surface area contributed by atoms with Crippen molar-refractivity contribution >= 4 is 35.2 Å². The van der Waals surface area contributed by atoms with E-state index < -0.39 is 53.3 Å². The molecule has 0 unspecified atom stereocenters. The maximum absolute atomic E-state index is 15.0. The first kappa shape index (κ1) is 53.9. The molecule has 4 aromatic rings. The summed E-state index contributed by atoms with van der Waals surface area (Å²) in [6, 6.07) is 17.2. The molecule has 372 valence electrons. The minimum absolute atomic E-state index is 0.0216. The van der Waals surface area contributed by atoms with Crippen molar-refractivity contribution in [2.45, 2.75) is 104 Å². The Morgan fingerprint density at radius 3 is 2.17 bits per heavy atom. The molecule has 0 radical (unpaired) electrons. The van der Waals surface area contributed by atoms with Crippen LogP contribution in [0.2, 0.25) is 0 Å². The van der Waals surface area contributed by atoms with Gasteiger partial charge >= 0.3 is 6.03 Å². The summed E-state index contributed by atoms with van der Waals surface area (Å²) < 4.78 is 12.3. The lowest BCUT2D eigenvalue weighted by Crippen LogP contribution is -2.46. The van der Waals surface area contributed by atoms with Crippen molar-refractivity contribution in [2.24, 2.45) is 29.0 Å². The molecule has 17 nitrogen and oxygen atoms in total. The highest BCUT2D eigenvalue weighted by Crippen LogP contribution is 2.41. The molecule has 5 rings (SSSR count). The Bertz CT molecular complexity index is 2540. The van der Waals surface area contributed by atoms with Crippen LogP contribution in [-0.4, -0.2) is 96.0 Å². The number of nitriles is 1. The van der Waals surface area contributed by atoms with Gasteiger partial charge in [-0.05, 0) is 80.5 Å². The van der Waals surface area contributed by atoms with Gasteiger partial charge in [-0.25, -0.2) is 14.8 Å². The van der Waals surface area contributed by atoms with E-state index in [1.54, 1.807) is 57.2 Å². The van der Waals surface area contributed by atoms with Crippen molar-refractivity contribution in [3.63, 3.8) is 0 Å². The highest BCUT2D eigenvalue weighted by molar-refractivity contribution is 6.01. The minimum atomic E-state index is -1.32. The Kier molecular flexibility index (Phi) is 20.1. The molecule has 1 aromatic heterocycles. The van der Waals surface area contributed by atoms with Crippen LogP contribution in [0.15, 0.2) is 60.7 Å². The van der Waals surface area contributed by atoms with Gasteiger partial charge in [-0.1, -0.05) is 63.1 Å². The second-order valence-electron chi connectivity index (χ2n) is 17.8. The Labute approximate surface area is 410 Å². The third kappa shape index (κ3) is 14.3. The number of benzene rings is 3. The molecule has 0 spiro atoms. The van der Waals surface area contributed by atoms with Gasteiger partial charge in [0, 0.05) is 80.9 Å². The van der Waals surface area contributed by atoms with Gasteiger partial charge in [0.05, 0.1) is 29.1 Å². The van der Waals surface area contributed by atoms with Crippen LogP contribution >= 0.6 is 0 Å². The molecule has 2 heterocycles. The van der Waals surface area contributed by atoms with Gasteiger partial charge in [0.25, 0.3) is 0 Å². The van der Waals surface area contributed by atoms with Crippen molar-refractivity contribution < 1.29 is 38.2 Å². The van der Waals surface area contributed by atoms with Crippen molar-refractivity contribution in [2.75, 3.05) is 39.9 Å². The third-order valence-electron chi connectivity index (χ3n) is 12.4. The number of nitrogens with zero attached hydrogens (tertiary/aromatic N) is 4. The monoisotopic (exact) mass is 958 g/mol. The number of rotatable bonds is 22. The molecule has 4 atom stereocenters. The molecule has 0 saturated carbocycles. The van der Waals surface area contributed by atoms with E-state index in [4.69, 9.17) is 36.6 Å². The van der Waals surface area contributed by atoms with Crippen molar-refractivity contribution in [1.82, 2.24) is 25.5 Å². The van der Waals surface area contributed by atoms with Gasteiger partial charge in [0.15, 0.2) is 23.2 Å². The second kappa shape index (κ2) is 26.1. The van der Waals surface area contributed by atoms with Crippen LogP contribution in [0.3, 0.4) is 0 Å². The number of unbranched alkanes of at least 4 members (excludes halogenated alkanes) is 2. The topological polar surface area (TPSA) is 276 Å². The number of aryl methyl sites for hydroxylation is 3. The summed E-state index contributed by atoms with van der Waals surface area (Å²) >= 11 is 0. The van der Waals surface area contributed by atoms with E-state index in [9.17, 15) is 29.2 Å². The number of ether oxygens (including phenoxy) is 2. The van der Waals surface area contributed by atoms with Crippen molar-refractivity contribution in [3.8, 4) is 40.1 Å². The Hall–Kier alpha value is -7.03. The number of likely N-dealkylation sites (N-methyl/N-ethyl adjacent to an activating group) is 1. The van der Waals surface area contributed by atoms with Gasteiger partial charge < -0.3 is 42.2 Å². The molecule has 1 aliphatic heterocycles. The summed E-state index contributed by atoms with van der Waals surface area (Å²) in [5.41, 5.74) is 22.3. The lowest BCUT2D eigenvalue weighted by Gasteiger charge is -2.32. The predicted octanol–water partition coefficient (Wildman–Crippen LogP) is 5.79. The fraction of sp³-hybridized carbons (Fsp3) is 0.453. The zero-order valence-corrected chi connectivity index (χ0v) is 41.0. The van der Waals surface area contributed by atoms with Gasteiger partial charge in [-0.3, -0.25) is 24.0 Å². The average Bonchev–Trinajstić information content (AvgIpc) is 3.33. The van der Waals surface area contributed by atoms with Crippen LogP contribution in [0.25, 0.3) is 22.5 Å². The smallest absolute Gasteiger partial charge is 0.312 e. The summed E-state index contributed by atoms with van der Waals surface area (Å²) in [5.74, 6) is -3.22. The van der Waals surface area contributed by atoms with Crippen LogP contribution < -0.4 is 37.3 Å².